The number of amides is 1. The Hall–Kier alpha value is -1.42. The molecule has 0 aliphatic heterocycles. The maximum absolute atomic E-state index is 12.4. The lowest BCUT2D eigenvalue weighted by molar-refractivity contribution is 0.0706. The van der Waals surface area contributed by atoms with Crippen LogP contribution in [0.25, 0.3) is 0 Å². The smallest absolute Gasteiger partial charge is 0.274 e. The van der Waals surface area contributed by atoms with Crippen LogP contribution in [0.2, 0.25) is 0 Å². The van der Waals surface area contributed by atoms with E-state index in [0.29, 0.717) is 0 Å². The Morgan fingerprint density at radius 1 is 1.55 bits per heavy atom. The van der Waals surface area contributed by atoms with Gasteiger partial charge in [-0.1, -0.05) is 6.07 Å². The molecule has 4 heteroatoms. The number of nitrogens with one attached hydrogen (secondary N) is 1. The van der Waals surface area contributed by atoms with E-state index in [-0.39, 0.29) is 5.56 Å². The van der Waals surface area contributed by atoms with Gasteiger partial charge < -0.3 is 0 Å². The molecule has 58 valence electrons. The van der Waals surface area contributed by atoms with Gasteiger partial charge in [-0.3, -0.25) is 10.0 Å². The summed E-state index contributed by atoms with van der Waals surface area (Å²) >= 11 is 0. The van der Waals surface area contributed by atoms with Gasteiger partial charge >= 0.3 is 0 Å². The highest BCUT2D eigenvalue weighted by Crippen LogP contribution is 2.02. The second kappa shape index (κ2) is 3.12. The first-order valence-electron chi connectivity index (χ1n) is 2.94. The third-order valence-corrected chi connectivity index (χ3v) is 1.19. The summed E-state index contributed by atoms with van der Waals surface area (Å²) in [7, 11) is 0. The molecule has 0 aliphatic carbocycles. The van der Waals surface area contributed by atoms with Gasteiger partial charge in [0.05, 0.1) is 0 Å². The standard InChI is InChI=1S/C7H6FNO2/c8-6-3-1-2-5(4-6)7(10)9-11/h1-4,11H,(H,9,10). The number of halogens is 1. The zero-order valence-corrected chi connectivity index (χ0v) is 5.54. The van der Waals surface area contributed by atoms with Crippen molar-refractivity contribution in [3.63, 3.8) is 0 Å². The van der Waals surface area contributed by atoms with Crippen LogP contribution >= 0.6 is 0 Å². The SMILES string of the molecule is O=C(NO)c1cccc(F)c1. The highest BCUT2D eigenvalue weighted by Gasteiger charge is 2.02. The van der Waals surface area contributed by atoms with Crippen molar-refractivity contribution in [3.05, 3.63) is 35.6 Å². The number of hydrogen-bond acceptors (Lipinski definition) is 2. The predicted molar refractivity (Wildman–Crippen MR) is 35.7 cm³/mol. The molecule has 0 fully saturated rings. The third-order valence-electron chi connectivity index (χ3n) is 1.19. The molecule has 1 rings (SSSR count). The van der Waals surface area contributed by atoms with Crippen LogP contribution in [0.5, 0.6) is 0 Å². The average molecular weight is 155 g/mol. The molecule has 0 heterocycles. The van der Waals surface area contributed by atoms with Gasteiger partial charge in [0.15, 0.2) is 0 Å². The summed E-state index contributed by atoms with van der Waals surface area (Å²) in [6.45, 7) is 0. The number of hydrogen-bond donors (Lipinski definition) is 2. The van der Waals surface area contributed by atoms with E-state index in [1.54, 1.807) is 0 Å². The van der Waals surface area contributed by atoms with E-state index < -0.39 is 11.7 Å². The van der Waals surface area contributed by atoms with Gasteiger partial charge in [-0.25, -0.2) is 9.87 Å². The van der Waals surface area contributed by atoms with Crippen LogP contribution < -0.4 is 5.48 Å². The first-order valence-corrected chi connectivity index (χ1v) is 2.94. The van der Waals surface area contributed by atoms with Crippen LogP contribution in [-0.2, 0) is 0 Å². The van der Waals surface area contributed by atoms with Crippen molar-refractivity contribution in [1.82, 2.24) is 5.48 Å². The lowest BCUT2D eigenvalue weighted by atomic mass is 10.2. The lowest BCUT2D eigenvalue weighted by Gasteiger charge is -1.96. The monoisotopic (exact) mass is 155 g/mol. The molecule has 1 amide bonds. The molecular formula is C7H6FNO2. The molecule has 0 bridgehead atoms. The summed E-state index contributed by atoms with van der Waals surface area (Å²) in [5.41, 5.74) is 1.49. The van der Waals surface area contributed by atoms with Crippen LogP contribution in [-0.4, -0.2) is 11.1 Å². The molecular weight excluding hydrogens is 149 g/mol. The van der Waals surface area contributed by atoms with Crippen LogP contribution in [0.15, 0.2) is 24.3 Å². The molecule has 11 heavy (non-hydrogen) atoms. The van der Waals surface area contributed by atoms with Crippen molar-refractivity contribution < 1.29 is 14.4 Å². The van der Waals surface area contributed by atoms with E-state index in [9.17, 15) is 9.18 Å². The zero-order chi connectivity index (χ0) is 8.27. The van der Waals surface area contributed by atoms with E-state index in [1.807, 2.05) is 0 Å². The minimum absolute atomic E-state index is 0.0903. The molecule has 0 radical (unpaired) electrons. The molecule has 2 N–H and O–H groups in total. The van der Waals surface area contributed by atoms with Gasteiger partial charge in [0.1, 0.15) is 5.82 Å². The van der Waals surface area contributed by atoms with E-state index in [1.165, 1.54) is 23.7 Å². The van der Waals surface area contributed by atoms with E-state index in [4.69, 9.17) is 5.21 Å². The third kappa shape index (κ3) is 1.75. The summed E-state index contributed by atoms with van der Waals surface area (Å²) in [6.07, 6.45) is 0. The molecule has 0 unspecified atom stereocenters. The van der Waals surface area contributed by atoms with Crippen LogP contribution in [0.1, 0.15) is 10.4 Å². The minimum Gasteiger partial charge on any atom is -0.288 e. The topological polar surface area (TPSA) is 49.3 Å². The molecule has 0 aromatic heterocycles. The van der Waals surface area contributed by atoms with Crippen molar-refractivity contribution in [2.24, 2.45) is 0 Å². The minimum atomic E-state index is -0.718. The average Bonchev–Trinajstić information content (AvgIpc) is 2.03. The first kappa shape index (κ1) is 7.68. The van der Waals surface area contributed by atoms with Gasteiger partial charge in [0.25, 0.3) is 5.91 Å². The Bertz CT molecular complexity index is 275. The normalized spacial score (nSPS) is 9.27. The van der Waals surface area contributed by atoms with Crippen molar-refractivity contribution in [3.8, 4) is 0 Å². The quantitative estimate of drug-likeness (QED) is 0.468. The largest absolute Gasteiger partial charge is 0.288 e. The number of carbonyl (C=O) groups excluding carboxylic acids is 1. The predicted octanol–water partition coefficient (Wildman–Crippen LogP) is 0.945. The Labute approximate surface area is 62.4 Å². The Kier molecular flexibility index (Phi) is 2.18. The van der Waals surface area contributed by atoms with Gasteiger partial charge in [0.2, 0.25) is 0 Å². The highest BCUT2D eigenvalue weighted by molar-refractivity contribution is 5.93. The Morgan fingerprint density at radius 3 is 2.82 bits per heavy atom. The number of benzene rings is 1. The second-order valence-corrected chi connectivity index (χ2v) is 1.95. The molecule has 0 spiro atoms. The lowest BCUT2D eigenvalue weighted by Crippen LogP contribution is -2.18. The summed E-state index contributed by atoms with van der Waals surface area (Å²) < 4.78 is 12.4. The van der Waals surface area contributed by atoms with E-state index in [0.717, 1.165) is 6.07 Å². The molecule has 1 aromatic carbocycles. The van der Waals surface area contributed by atoms with Gasteiger partial charge in [-0.15, -0.1) is 0 Å². The summed E-state index contributed by atoms with van der Waals surface area (Å²) in [6, 6.07) is 5.04. The summed E-state index contributed by atoms with van der Waals surface area (Å²) in [5.74, 6) is -1.23. The van der Waals surface area contributed by atoms with Crippen molar-refractivity contribution >= 4 is 5.91 Å². The number of hydroxylamine groups is 1. The fraction of sp³-hybridized carbons (Fsp3) is 0. The molecule has 3 nitrogen and oxygen atoms in total. The Morgan fingerprint density at radius 2 is 2.27 bits per heavy atom. The molecule has 0 aliphatic rings. The second-order valence-electron chi connectivity index (χ2n) is 1.95. The summed E-state index contributed by atoms with van der Waals surface area (Å²) in [4.78, 5) is 10.6. The molecule has 0 atom stereocenters. The van der Waals surface area contributed by atoms with Gasteiger partial charge in [-0.2, -0.15) is 0 Å². The maximum Gasteiger partial charge on any atom is 0.274 e. The summed E-state index contributed by atoms with van der Waals surface area (Å²) in [5, 5.41) is 8.16. The zero-order valence-electron chi connectivity index (χ0n) is 5.54. The fourth-order valence-corrected chi connectivity index (χ4v) is 0.694. The van der Waals surface area contributed by atoms with Crippen LogP contribution in [0, 0.1) is 5.82 Å². The number of carbonyl (C=O) groups is 1. The number of rotatable bonds is 1. The molecule has 1 aromatic rings. The van der Waals surface area contributed by atoms with E-state index in [2.05, 4.69) is 0 Å². The van der Waals surface area contributed by atoms with Crippen LogP contribution in [0.4, 0.5) is 4.39 Å². The van der Waals surface area contributed by atoms with Crippen molar-refractivity contribution in [2.75, 3.05) is 0 Å². The highest BCUT2D eigenvalue weighted by atomic mass is 19.1. The van der Waals surface area contributed by atoms with E-state index >= 15 is 0 Å². The van der Waals surface area contributed by atoms with Crippen molar-refractivity contribution in [2.45, 2.75) is 0 Å². The fourth-order valence-electron chi connectivity index (χ4n) is 0.694. The van der Waals surface area contributed by atoms with Gasteiger partial charge in [-0.05, 0) is 18.2 Å². The van der Waals surface area contributed by atoms with Gasteiger partial charge in [0, 0.05) is 5.56 Å². The van der Waals surface area contributed by atoms with Crippen molar-refractivity contribution in [1.29, 1.82) is 0 Å². The van der Waals surface area contributed by atoms with Crippen LogP contribution in [0.3, 0.4) is 0 Å². The molecule has 0 saturated carbocycles. The maximum atomic E-state index is 12.4. The molecule has 0 saturated heterocycles. The first-order chi connectivity index (χ1) is 5.24. The Balaban J connectivity index is 2.96.